The van der Waals surface area contributed by atoms with Gasteiger partial charge >= 0.3 is 5.97 Å². The van der Waals surface area contributed by atoms with Gasteiger partial charge in [-0.15, -0.1) is 0 Å². The number of halogens is 3. The van der Waals surface area contributed by atoms with E-state index in [1.54, 1.807) is 12.1 Å². The first kappa shape index (κ1) is 13.3. The summed E-state index contributed by atoms with van der Waals surface area (Å²) in [4.78, 5) is 11.3. The van der Waals surface area contributed by atoms with Crippen LogP contribution in [0.5, 0.6) is 0 Å². The molecular formula is C11H7Br3O3. The van der Waals surface area contributed by atoms with Crippen LogP contribution in [-0.2, 0) is 9.53 Å². The predicted octanol–water partition coefficient (Wildman–Crippen LogP) is 3.41. The average molecular weight is 427 g/mol. The van der Waals surface area contributed by atoms with Crippen molar-refractivity contribution in [3.8, 4) is 0 Å². The summed E-state index contributed by atoms with van der Waals surface area (Å²) in [5.74, 6) is -0.474. The van der Waals surface area contributed by atoms with E-state index in [4.69, 9.17) is 4.74 Å². The maximum absolute atomic E-state index is 11.3. The van der Waals surface area contributed by atoms with E-state index < -0.39 is 18.2 Å². The SMILES string of the molecule is O=C1O[C@H]([C@@H](O)c2ccc(Br)cc2)C(Br)=C1Br. The largest absolute Gasteiger partial charge is 0.450 e. The lowest BCUT2D eigenvalue weighted by Gasteiger charge is -2.18. The summed E-state index contributed by atoms with van der Waals surface area (Å²) in [6, 6.07) is 7.19. The number of rotatable bonds is 2. The predicted molar refractivity (Wildman–Crippen MR) is 73.9 cm³/mol. The molecule has 2 atom stereocenters. The number of cyclic esters (lactones) is 1. The van der Waals surface area contributed by atoms with E-state index in [9.17, 15) is 9.90 Å². The van der Waals surface area contributed by atoms with Gasteiger partial charge in [0.15, 0.2) is 6.10 Å². The van der Waals surface area contributed by atoms with Crippen LogP contribution >= 0.6 is 47.8 Å². The molecule has 2 rings (SSSR count). The van der Waals surface area contributed by atoms with Crippen molar-refractivity contribution in [3.05, 3.63) is 43.3 Å². The van der Waals surface area contributed by atoms with E-state index in [0.29, 0.717) is 14.5 Å². The number of hydrogen-bond acceptors (Lipinski definition) is 3. The first-order valence-electron chi connectivity index (χ1n) is 4.70. The zero-order valence-corrected chi connectivity index (χ0v) is 13.1. The number of carbonyl (C=O) groups excluding carboxylic acids is 1. The third-order valence-corrected chi connectivity index (χ3v) is 5.03. The molecule has 90 valence electrons. The third-order valence-electron chi connectivity index (χ3n) is 2.37. The molecule has 6 heteroatoms. The Kier molecular flexibility index (Phi) is 4.07. The van der Waals surface area contributed by atoms with Crippen molar-refractivity contribution in [1.29, 1.82) is 0 Å². The van der Waals surface area contributed by atoms with E-state index in [1.165, 1.54) is 0 Å². The fraction of sp³-hybridized carbons (Fsp3) is 0.182. The number of aliphatic hydroxyl groups excluding tert-OH is 1. The number of esters is 1. The van der Waals surface area contributed by atoms with Gasteiger partial charge in [-0.3, -0.25) is 0 Å². The highest BCUT2D eigenvalue weighted by Crippen LogP contribution is 2.37. The molecule has 1 aromatic rings. The van der Waals surface area contributed by atoms with Gasteiger partial charge in [0.2, 0.25) is 0 Å². The Morgan fingerprint density at radius 2 is 1.76 bits per heavy atom. The highest BCUT2D eigenvalue weighted by atomic mass is 79.9. The van der Waals surface area contributed by atoms with E-state index in [0.717, 1.165) is 4.47 Å². The van der Waals surface area contributed by atoms with Crippen LogP contribution in [-0.4, -0.2) is 17.2 Å². The smallest absolute Gasteiger partial charge is 0.346 e. The lowest BCUT2D eigenvalue weighted by Crippen LogP contribution is -2.20. The molecule has 0 bridgehead atoms. The fourth-order valence-corrected chi connectivity index (χ4v) is 2.57. The van der Waals surface area contributed by atoms with Crippen LogP contribution in [0, 0.1) is 0 Å². The van der Waals surface area contributed by atoms with Crippen LogP contribution in [0.4, 0.5) is 0 Å². The van der Waals surface area contributed by atoms with Crippen LogP contribution in [0.3, 0.4) is 0 Å². The van der Waals surface area contributed by atoms with Crippen molar-refractivity contribution >= 4 is 53.8 Å². The Morgan fingerprint density at radius 3 is 2.24 bits per heavy atom. The number of carbonyl (C=O) groups is 1. The minimum atomic E-state index is -0.892. The molecule has 1 aromatic carbocycles. The Hall–Kier alpha value is -0.170. The molecule has 0 unspecified atom stereocenters. The lowest BCUT2D eigenvalue weighted by molar-refractivity contribution is -0.143. The van der Waals surface area contributed by atoms with Gasteiger partial charge in [-0.1, -0.05) is 28.1 Å². The van der Waals surface area contributed by atoms with Gasteiger partial charge in [0.1, 0.15) is 10.6 Å². The Morgan fingerprint density at radius 1 is 1.18 bits per heavy atom. The zero-order chi connectivity index (χ0) is 12.6. The molecule has 0 radical (unpaired) electrons. The molecule has 0 saturated carbocycles. The van der Waals surface area contributed by atoms with Crippen LogP contribution in [0.1, 0.15) is 11.7 Å². The quantitative estimate of drug-likeness (QED) is 0.737. The van der Waals surface area contributed by atoms with Gasteiger partial charge in [0, 0.05) is 4.47 Å². The first-order valence-corrected chi connectivity index (χ1v) is 7.08. The molecule has 1 aliphatic rings. The summed E-state index contributed by atoms with van der Waals surface area (Å²) < 4.78 is 6.83. The summed E-state index contributed by atoms with van der Waals surface area (Å²) in [6.07, 6.45) is -1.59. The zero-order valence-electron chi connectivity index (χ0n) is 8.36. The number of ether oxygens (including phenoxy) is 1. The maximum atomic E-state index is 11.3. The van der Waals surface area contributed by atoms with Crippen molar-refractivity contribution in [3.63, 3.8) is 0 Å². The van der Waals surface area contributed by atoms with Crippen molar-refractivity contribution in [2.24, 2.45) is 0 Å². The van der Waals surface area contributed by atoms with Gasteiger partial charge in [0.05, 0.1) is 4.48 Å². The van der Waals surface area contributed by atoms with Crippen molar-refractivity contribution in [1.82, 2.24) is 0 Å². The number of benzene rings is 1. The minimum Gasteiger partial charge on any atom is -0.450 e. The summed E-state index contributed by atoms with van der Waals surface area (Å²) in [7, 11) is 0. The van der Waals surface area contributed by atoms with E-state index >= 15 is 0 Å². The molecular weight excluding hydrogens is 420 g/mol. The number of hydrogen-bond donors (Lipinski definition) is 1. The van der Waals surface area contributed by atoms with E-state index in [1.807, 2.05) is 12.1 Å². The van der Waals surface area contributed by atoms with Crippen LogP contribution in [0.2, 0.25) is 0 Å². The summed E-state index contributed by atoms with van der Waals surface area (Å²) in [5.41, 5.74) is 0.685. The molecule has 17 heavy (non-hydrogen) atoms. The molecule has 0 aromatic heterocycles. The standard InChI is InChI=1S/C11H7Br3O3/c12-6-3-1-5(2-4-6)9(15)10-7(13)8(14)11(16)17-10/h1-4,9-10,15H/t9-,10-/m0/s1. The Labute approximate surface area is 123 Å². The van der Waals surface area contributed by atoms with Crippen LogP contribution < -0.4 is 0 Å². The van der Waals surface area contributed by atoms with Gasteiger partial charge in [-0.05, 0) is 49.6 Å². The second kappa shape index (κ2) is 5.22. The maximum Gasteiger partial charge on any atom is 0.346 e. The molecule has 3 nitrogen and oxygen atoms in total. The lowest BCUT2D eigenvalue weighted by atomic mass is 10.0. The second-order valence-electron chi connectivity index (χ2n) is 3.48. The summed E-state index contributed by atoms with van der Waals surface area (Å²) >= 11 is 9.66. The monoisotopic (exact) mass is 424 g/mol. The molecule has 0 saturated heterocycles. The highest BCUT2D eigenvalue weighted by molar-refractivity contribution is 9.14. The van der Waals surface area contributed by atoms with Crippen molar-refractivity contribution in [2.75, 3.05) is 0 Å². The molecule has 0 aliphatic carbocycles. The van der Waals surface area contributed by atoms with Gasteiger partial charge in [-0.25, -0.2) is 4.79 Å². The molecule has 1 N–H and O–H groups in total. The number of aliphatic hydroxyl groups is 1. The Balaban J connectivity index is 2.25. The normalized spacial score (nSPS) is 21.6. The summed E-state index contributed by atoms with van der Waals surface area (Å²) in [5, 5.41) is 10.1. The molecule has 1 aliphatic heterocycles. The molecule has 0 fully saturated rings. The average Bonchev–Trinajstić information content (AvgIpc) is 2.57. The van der Waals surface area contributed by atoms with Crippen molar-refractivity contribution in [2.45, 2.75) is 12.2 Å². The molecule has 0 amide bonds. The minimum absolute atomic E-state index is 0.318. The molecule has 1 heterocycles. The molecule has 0 spiro atoms. The summed E-state index contributed by atoms with van der Waals surface area (Å²) in [6.45, 7) is 0. The van der Waals surface area contributed by atoms with E-state index in [2.05, 4.69) is 47.8 Å². The topological polar surface area (TPSA) is 46.5 Å². The Bertz CT molecular complexity index is 481. The van der Waals surface area contributed by atoms with Gasteiger partial charge in [-0.2, -0.15) is 0 Å². The van der Waals surface area contributed by atoms with E-state index in [-0.39, 0.29) is 0 Å². The van der Waals surface area contributed by atoms with Gasteiger partial charge < -0.3 is 9.84 Å². The highest BCUT2D eigenvalue weighted by Gasteiger charge is 2.36. The second-order valence-corrected chi connectivity index (χ2v) is 6.05. The third kappa shape index (κ3) is 2.65. The van der Waals surface area contributed by atoms with Crippen LogP contribution in [0.25, 0.3) is 0 Å². The van der Waals surface area contributed by atoms with Gasteiger partial charge in [0.25, 0.3) is 0 Å². The first-order chi connectivity index (χ1) is 8.00. The van der Waals surface area contributed by atoms with Crippen molar-refractivity contribution < 1.29 is 14.6 Å². The fourth-order valence-electron chi connectivity index (χ4n) is 1.48. The van der Waals surface area contributed by atoms with Crippen LogP contribution in [0.15, 0.2) is 37.7 Å².